The maximum atomic E-state index is 13.3. The number of H-pyrrole nitrogens is 1. The zero-order chi connectivity index (χ0) is 26.2. The number of benzene rings is 2. The quantitative estimate of drug-likeness (QED) is 0.368. The minimum absolute atomic E-state index is 0.0765. The highest BCUT2D eigenvalue weighted by Crippen LogP contribution is 2.36. The summed E-state index contributed by atoms with van der Waals surface area (Å²) in [6.45, 7) is 11.8. The number of nitrogens with one attached hydrogen (secondary N) is 1. The van der Waals surface area contributed by atoms with E-state index < -0.39 is 0 Å². The van der Waals surface area contributed by atoms with Crippen LogP contribution in [0.4, 0.5) is 0 Å². The number of ether oxygens (including phenoxy) is 2. The van der Waals surface area contributed by atoms with Crippen LogP contribution in [0.15, 0.2) is 47.3 Å². The number of hydrogen-bond acceptors (Lipinski definition) is 7. The zero-order valence-corrected chi connectivity index (χ0v) is 22.1. The summed E-state index contributed by atoms with van der Waals surface area (Å²) in [5, 5.41) is 13.7. The van der Waals surface area contributed by atoms with E-state index in [4.69, 9.17) is 9.47 Å². The summed E-state index contributed by atoms with van der Waals surface area (Å²) < 4.78 is 12.9. The van der Waals surface area contributed by atoms with Gasteiger partial charge in [-0.2, -0.15) is 0 Å². The predicted octanol–water partition coefficient (Wildman–Crippen LogP) is 4.85. The van der Waals surface area contributed by atoms with E-state index in [1.54, 1.807) is 0 Å². The molecule has 0 fully saturated rings. The Morgan fingerprint density at radius 3 is 2.51 bits per heavy atom. The average Bonchev–Trinajstić information content (AvgIpc) is 3.52. The number of aromatic nitrogens is 5. The van der Waals surface area contributed by atoms with Crippen LogP contribution < -0.4 is 15.0 Å². The van der Waals surface area contributed by atoms with Crippen molar-refractivity contribution in [3.63, 3.8) is 0 Å². The Balaban J connectivity index is 1.57. The van der Waals surface area contributed by atoms with Crippen LogP contribution in [0, 0.1) is 6.92 Å². The number of nitrogens with zero attached hydrogens (tertiary/aromatic N) is 5. The molecule has 0 bridgehead atoms. The van der Waals surface area contributed by atoms with Crippen molar-refractivity contribution in [2.45, 2.75) is 72.1 Å². The maximum Gasteiger partial charge on any atom is 0.252 e. The Bertz CT molecular complexity index is 1450. The molecule has 2 aromatic heterocycles. The molecule has 3 heterocycles. The maximum absolute atomic E-state index is 13.3. The van der Waals surface area contributed by atoms with Crippen LogP contribution in [0.1, 0.15) is 69.1 Å². The van der Waals surface area contributed by atoms with Crippen LogP contribution in [0.2, 0.25) is 0 Å². The number of aromatic amines is 1. The number of pyridine rings is 1. The van der Waals surface area contributed by atoms with Crippen LogP contribution in [-0.4, -0.2) is 36.9 Å². The van der Waals surface area contributed by atoms with Gasteiger partial charge in [-0.25, -0.2) is 4.68 Å². The van der Waals surface area contributed by atoms with Gasteiger partial charge in [-0.15, -0.1) is 5.10 Å². The van der Waals surface area contributed by atoms with Crippen molar-refractivity contribution in [3.05, 3.63) is 75.3 Å². The minimum atomic E-state index is -0.275. The van der Waals surface area contributed by atoms with Crippen LogP contribution in [-0.2, 0) is 18.6 Å². The first-order valence-corrected chi connectivity index (χ1v) is 12.8. The molecule has 5 rings (SSSR count). The summed E-state index contributed by atoms with van der Waals surface area (Å²) in [5.41, 5.74) is 3.39. The van der Waals surface area contributed by atoms with E-state index in [2.05, 4.69) is 84.3 Å². The van der Waals surface area contributed by atoms with Crippen molar-refractivity contribution in [2.75, 3.05) is 6.79 Å². The SMILES string of the molecule is CCC[C@H](c1nnnn1C(C)(C)C)N(Cc1ccc(C)cc1)Cc1cc2cc3c(cc2[nH]c1=O)OCO3. The lowest BCUT2D eigenvalue weighted by Crippen LogP contribution is -2.35. The number of tetrazole rings is 1. The first kappa shape index (κ1) is 25.0. The van der Waals surface area contributed by atoms with Gasteiger partial charge < -0.3 is 14.5 Å². The summed E-state index contributed by atoms with van der Waals surface area (Å²) in [5.74, 6) is 2.14. The molecule has 1 aliphatic heterocycles. The van der Waals surface area contributed by atoms with E-state index in [0.717, 1.165) is 29.6 Å². The first-order valence-electron chi connectivity index (χ1n) is 12.8. The molecule has 0 aliphatic carbocycles. The fraction of sp³-hybridized carbons (Fsp3) is 0.429. The van der Waals surface area contributed by atoms with Crippen molar-refractivity contribution in [2.24, 2.45) is 0 Å². The molecular weight excluding hydrogens is 468 g/mol. The number of rotatable bonds is 8. The highest BCUT2D eigenvalue weighted by molar-refractivity contribution is 5.83. The first-order chi connectivity index (χ1) is 17.7. The van der Waals surface area contributed by atoms with Gasteiger partial charge in [0.05, 0.1) is 17.1 Å². The second kappa shape index (κ2) is 9.97. The molecule has 0 saturated carbocycles. The Hall–Kier alpha value is -3.72. The molecule has 1 aliphatic rings. The standard InChI is InChI=1S/C28H34N6O3/c1-6-7-23(26-30-31-32-34(26)28(3,4)5)33(15-19-10-8-18(2)9-11-19)16-21-12-20-13-24-25(37-17-36-24)14-22(20)29-27(21)35/h8-14,23H,6-7,15-17H2,1-5H3,(H,29,35)/t23-/m1/s1. The molecule has 1 atom stereocenters. The van der Waals surface area contributed by atoms with Crippen molar-refractivity contribution in [1.29, 1.82) is 0 Å². The van der Waals surface area contributed by atoms with Gasteiger partial charge in [0.15, 0.2) is 17.3 Å². The van der Waals surface area contributed by atoms with Gasteiger partial charge in [-0.05, 0) is 62.2 Å². The smallest absolute Gasteiger partial charge is 0.252 e. The van der Waals surface area contributed by atoms with Gasteiger partial charge in [-0.1, -0.05) is 43.2 Å². The van der Waals surface area contributed by atoms with Gasteiger partial charge in [0.2, 0.25) is 6.79 Å². The Labute approximate surface area is 216 Å². The van der Waals surface area contributed by atoms with E-state index in [0.29, 0.717) is 30.2 Å². The molecule has 9 heteroatoms. The van der Waals surface area contributed by atoms with Crippen molar-refractivity contribution >= 4 is 10.9 Å². The highest BCUT2D eigenvalue weighted by atomic mass is 16.7. The lowest BCUT2D eigenvalue weighted by molar-refractivity contribution is 0.148. The van der Waals surface area contributed by atoms with E-state index in [1.807, 2.05) is 22.9 Å². The molecule has 9 nitrogen and oxygen atoms in total. The average molecular weight is 503 g/mol. The molecule has 2 aromatic carbocycles. The summed E-state index contributed by atoms with van der Waals surface area (Å²) in [6, 6.07) is 14.1. The molecule has 0 amide bonds. The number of hydrogen-bond donors (Lipinski definition) is 1. The predicted molar refractivity (Wildman–Crippen MR) is 142 cm³/mol. The third-order valence-electron chi connectivity index (χ3n) is 6.72. The summed E-state index contributed by atoms with van der Waals surface area (Å²) in [7, 11) is 0. The normalized spacial score (nSPS) is 14.0. The van der Waals surface area contributed by atoms with Crippen LogP contribution in [0.3, 0.4) is 0 Å². The fourth-order valence-electron chi connectivity index (χ4n) is 4.81. The third-order valence-corrected chi connectivity index (χ3v) is 6.72. The second-order valence-corrected chi connectivity index (χ2v) is 10.7. The Morgan fingerprint density at radius 2 is 1.81 bits per heavy atom. The zero-order valence-electron chi connectivity index (χ0n) is 22.1. The van der Waals surface area contributed by atoms with Crippen LogP contribution >= 0.6 is 0 Å². The van der Waals surface area contributed by atoms with Gasteiger partial charge in [0.25, 0.3) is 5.56 Å². The second-order valence-electron chi connectivity index (χ2n) is 10.7. The largest absolute Gasteiger partial charge is 0.454 e. The topological polar surface area (TPSA) is 98.2 Å². The van der Waals surface area contributed by atoms with Gasteiger partial charge in [0, 0.05) is 30.1 Å². The lowest BCUT2D eigenvalue weighted by Gasteiger charge is -2.33. The Morgan fingerprint density at radius 1 is 1.08 bits per heavy atom. The van der Waals surface area contributed by atoms with Crippen LogP contribution in [0.25, 0.3) is 10.9 Å². The summed E-state index contributed by atoms with van der Waals surface area (Å²) in [4.78, 5) is 18.6. The molecule has 4 aromatic rings. The molecule has 0 spiro atoms. The molecule has 0 saturated heterocycles. The highest BCUT2D eigenvalue weighted by Gasteiger charge is 2.30. The molecule has 37 heavy (non-hydrogen) atoms. The number of aryl methyl sites for hydroxylation is 1. The van der Waals surface area contributed by atoms with Gasteiger partial charge in [0.1, 0.15) is 0 Å². The van der Waals surface area contributed by atoms with E-state index in [-0.39, 0.29) is 23.9 Å². The summed E-state index contributed by atoms with van der Waals surface area (Å²) in [6.07, 6.45) is 1.80. The lowest BCUT2D eigenvalue weighted by atomic mass is 10.0. The molecule has 1 N–H and O–H groups in total. The van der Waals surface area contributed by atoms with Crippen LogP contribution in [0.5, 0.6) is 11.5 Å². The monoisotopic (exact) mass is 502 g/mol. The van der Waals surface area contributed by atoms with E-state index in [1.165, 1.54) is 11.1 Å². The fourth-order valence-corrected chi connectivity index (χ4v) is 4.81. The molecule has 0 radical (unpaired) electrons. The number of fused-ring (bicyclic) bond motifs is 2. The van der Waals surface area contributed by atoms with Gasteiger partial charge >= 0.3 is 0 Å². The molecule has 0 unspecified atom stereocenters. The van der Waals surface area contributed by atoms with E-state index >= 15 is 0 Å². The third kappa shape index (κ3) is 5.22. The van der Waals surface area contributed by atoms with Crippen molar-refractivity contribution < 1.29 is 9.47 Å². The van der Waals surface area contributed by atoms with E-state index in [9.17, 15) is 4.79 Å². The molecule has 194 valence electrons. The minimum Gasteiger partial charge on any atom is -0.454 e. The molecular formula is C28H34N6O3. The summed E-state index contributed by atoms with van der Waals surface area (Å²) >= 11 is 0. The Kier molecular flexibility index (Phi) is 6.72. The van der Waals surface area contributed by atoms with Crippen molar-refractivity contribution in [1.82, 2.24) is 30.1 Å². The van der Waals surface area contributed by atoms with Gasteiger partial charge in [-0.3, -0.25) is 9.69 Å². The van der Waals surface area contributed by atoms with Crippen molar-refractivity contribution in [3.8, 4) is 11.5 Å².